The van der Waals surface area contributed by atoms with Crippen molar-refractivity contribution in [2.75, 3.05) is 20.8 Å². The van der Waals surface area contributed by atoms with Crippen LogP contribution in [0.2, 0.25) is 8.67 Å². The SMILES string of the molecule is COc1ccc(C(=O)COC(=O)c2cc(Cl)sc2Cl)c(OC)c1. The summed E-state index contributed by atoms with van der Waals surface area (Å²) in [6.07, 6.45) is 0. The second-order valence-electron chi connectivity index (χ2n) is 4.30. The van der Waals surface area contributed by atoms with Gasteiger partial charge in [-0.05, 0) is 18.2 Å². The van der Waals surface area contributed by atoms with Gasteiger partial charge in [-0.15, -0.1) is 11.3 Å². The number of ether oxygens (including phenoxy) is 3. The van der Waals surface area contributed by atoms with Gasteiger partial charge in [0.05, 0.1) is 29.7 Å². The third-order valence-corrected chi connectivity index (χ3v) is 4.41. The minimum absolute atomic E-state index is 0.135. The molecule has 0 radical (unpaired) electrons. The summed E-state index contributed by atoms with van der Waals surface area (Å²) in [5.74, 6) is -0.230. The quantitative estimate of drug-likeness (QED) is 0.562. The standard InChI is InChI=1S/C15H12Cl2O5S/c1-20-8-3-4-9(12(5-8)21-2)11(18)7-22-15(19)10-6-13(16)23-14(10)17/h3-6H,7H2,1-2H3. The Balaban J connectivity index is 2.08. The molecule has 2 rings (SSSR count). The van der Waals surface area contributed by atoms with Crippen molar-refractivity contribution in [2.45, 2.75) is 0 Å². The molecule has 2 aromatic rings. The lowest BCUT2D eigenvalue weighted by Crippen LogP contribution is -2.15. The van der Waals surface area contributed by atoms with E-state index in [0.29, 0.717) is 15.8 Å². The molecule has 0 aliphatic carbocycles. The highest BCUT2D eigenvalue weighted by molar-refractivity contribution is 7.20. The van der Waals surface area contributed by atoms with Crippen molar-refractivity contribution in [3.05, 3.63) is 44.1 Å². The molecule has 0 atom stereocenters. The summed E-state index contributed by atoms with van der Waals surface area (Å²) in [5.41, 5.74) is 0.423. The zero-order valence-electron chi connectivity index (χ0n) is 12.2. The van der Waals surface area contributed by atoms with Crippen LogP contribution in [0.3, 0.4) is 0 Å². The molecule has 1 aromatic carbocycles. The zero-order chi connectivity index (χ0) is 17.0. The molecule has 0 saturated heterocycles. The molecular weight excluding hydrogens is 363 g/mol. The molecule has 0 fully saturated rings. The topological polar surface area (TPSA) is 61.8 Å². The Bertz CT molecular complexity index is 741. The van der Waals surface area contributed by atoms with Crippen LogP contribution in [-0.4, -0.2) is 32.6 Å². The number of benzene rings is 1. The Kier molecular flexibility index (Phi) is 5.87. The highest BCUT2D eigenvalue weighted by atomic mass is 35.5. The van der Waals surface area contributed by atoms with Gasteiger partial charge in [-0.2, -0.15) is 0 Å². The molecule has 8 heteroatoms. The van der Waals surface area contributed by atoms with Crippen LogP contribution in [0, 0.1) is 0 Å². The zero-order valence-corrected chi connectivity index (χ0v) is 14.6. The van der Waals surface area contributed by atoms with Crippen LogP contribution >= 0.6 is 34.5 Å². The number of rotatable bonds is 6. The van der Waals surface area contributed by atoms with E-state index in [0.717, 1.165) is 11.3 Å². The summed E-state index contributed by atoms with van der Waals surface area (Å²) in [6, 6.07) is 6.13. The second-order valence-corrected chi connectivity index (χ2v) is 6.59. The molecule has 0 unspecified atom stereocenters. The van der Waals surface area contributed by atoms with E-state index in [2.05, 4.69) is 0 Å². The maximum absolute atomic E-state index is 12.2. The number of methoxy groups -OCH3 is 2. The van der Waals surface area contributed by atoms with Crippen molar-refractivity contribution in [3.63, 3.8) is 0 Å². The lowest BCUT2D eigenvalue weighted by molar-refractivity contribution is 0.0474. The summed E-state index contributed by atoms with van der Waals surface area (Å²) in [5, 5.41) is 0. The van der Waals surface area contributed by atoms with Gasteiger partial charge in [0.1, 0.15) is 15.8 Å². The number of carbonyl (C=O) groups is 2. The fourth-order valence-electron chi connectivity index (χ4n) is 1.79. The van der Waals surface area contributed by atoms with E-state index in [9.17, 15) is 9.59 Å². The molecule has 0 N–H and O–H groups in total. The Morgan fingerprint density at radius 3 is 2.39 bits per heavy atom. The van der Waals surface area contributed by atoms with Crippen molar-refractivity contribution in [1.29, 1.82) is 0 Å². The Hall–Kier alpha value is -1.76. The lowest BCUT2D eigenvalue weighted by atomic mass is 10.1. The lowest BCUT2D eigenvalue weighted by Gasteiger charge is -2.10. The van der Waals surface area contributed by atoms with Crippen molar-refractivity contribution < 1.29 is 23.8 Å². The number of ketones is 1. The number of esters is 1. The normalized spacial score (nSPS) is 10.3. The first kappa shape index (κ1) is 17.6. The van der Waals surface area contributed by atoms with Gasteiger partial charge in [0.25, 0.3) is 0 Å². The predicted molar refractivity (Wildman–Crippen MR) is 88.5 cm³/mol. The molecule has 0 aliphatic heterocycles. The Morgan fingerprint density at radius 2 is 1.83 bits per heavy atom. The first-order valence-electron chi connectivity index (χ1n) is 6.33. The molecule has 0 saturated carbocycles. The molecule has 1 heterocycles. The number of Topliss-reactive ketones (excluding diaryl/α,β-unsaturated/α-hetero) is 1. The molecule has 0 aliphatic rings. The predicted octanol–water partition coefficient (Wildman–Crippen LogP) is 4.11. The largest absolute Gasteiger partial charge is 0.497 e. The van der Waals surface area contributed by atoms with Gasteiger partial charge >= 0.3 is 5.97 Å². The van der Waals surface area contributed by atoms with Crippen LogP contribution in [0.15, 0.2) is 24.3 Å². The van der Waals surface area contributed by atoms with E-state index in [1.807, 2.05) is 0 Å². The highest BCUT2D eigenvalue weighted by Gasteiger charge is 2.19. The van der Waals surface area contributed by atoms with E-state index < -0.39 is 18.4 Å². The third kappa shape index (κ3) is 4.16. The Labute approximate surface area is 146 Å². The van der Waals surface area contributed by atoms with Gasteiger partial charge in [0.2, 0.25) is 5.78 Å². The summed E-state index contributed by atoms with van der Waals surface area (Å²) in [7, 11) is 2.94. The average molecular weight is 375 g/mol. The molecule has 23 heavy (non-hydrogen) atoms. The smallest absolute Gasteiger partial charge is 0.341 e. The van der Waals surface area contributed by atoms with Gasteiger partial charge in [-0.1, -0.05) is 23.2 Å². The molecule has 0 bridgehead atoms. The van der Waals surface area contributed by atoms with Gasteiger partial charge in [0, 0.05) is 6.07 Å². The summed E-state index contributed by atoms with van der Waals surface area (Å²) < 4.78 is 15.8. The van der Waals surface area contributed by atoms with Crippen LogP contribution in [0.4, 0.5) is 0 Å². The van der Waals surface area contributed by atoms with Crippen molar-refractivity contribution in [3.8, 4) is 11.5 Å². The third-order valence-electron chi connectivity index (χ3n) is 2.92. The number of halogens is 2. The average Bonchev–Trinajstić information content (AvgIpc) is 2.90. The fourth-order valence-corrected chi connectivity index (χ4v) is 3.24. The maximum Gasteiger partial charge on any atom is 0.341 e. The summed E-state index contributed by atoms with van der Waals surface area (Å²) >= 11 is 12.7. The van der Waals surface area contributed by atoms with E-state index in [1.165, 1.54) is 20.3 Å². The van der Waals surface area contributed by atoms with Gasteiger partial charge < -0.3 is 14.2 Å². The number of hydrogen-bond acceptors (Lipinski definition) is 6. The molecule has 5 nitrogen and oxygen atoms in total. The maximum atomic E-state index is 12.2. The Morgan fingerprint density at radius 1 is 1.09 bits per heavy atom. The van der Waals surface area contributed by atoms with Crippen LogP contribution in [0.25, 0.3) is 0 Å². The number of carbonyl (C=O) groups excluding carboxylic acids is 2. The highest BCUT2D eigenvalue weighted by Crippen LogP contribution is 2.31. The first-order valence-corrected chi connectivity index (χ1v) is 7.90. The van der Waals surface area contributed by atoms with Crippen LogP contribution in [0.5, 0.6) is 11.5 Å². The number of thiophene rings is 1. The van der Waals surface area contributed by atoms with E-state index in [1.54, 1.807) is 18.2 Å². The summed E-state index contributed by atoms with van der Waals surface area (Å²) in [4.78, 5) is 24.1. The minimum Gasteiger partial charge on any atom is -0.497 e. The second kappa shape index (κ2) is 7.68. The van der Waals surface area contributed by atoms with Crippen LogP contribution < -0.4 is 9.47 Å². The van der Waals surface area contributed by atoms with E-state index in [4.69, 9.17) is 37.4 Å². The summed E-state index contributed by atoms with van der Waals surface area (Å²) in [6.45, 7) is -0.439. The first-order chi connectivity index (χ1) is 11.0. The molecule has 0 spiro atoms. The fraction of sp³-hybridized carbons (Fsp3) is 0.200. The molecular formula is C15H12Cl2O5S. The molecule has 122 valence electrons. The molecule has 1 aromatic heterocycles. The van der Waals surface area contributed by atoms with E-state index in [-0.39, 0.29) is 15.5 Å². The van der Waals surface area contributed by atoms with Gasteiger partial charge in [-0.3, -0.25) is 4.79 Å². The van der Waals surface area contributed by atoms with E-state index >= 15 is 0 Å². The van der Waals surface area contributed by atoms with Crippen LogP contribution in [-0.2, 0) is 4.74 Å². The molecule has 0 amide bonds. The van der Waals surface area contributed by atoms with Crippen molar-refractivity contribution in [1.82, 2.24) is 0 Å². The van der Waals surface area contributed by atoms with Crippen molar-refractivity contribution >= 4 is 46.3 Å². The van der Waals surface area contributed by atoms with Gasteiger partial charge in [-0.25, -0.2) is 4.79 Å². The van der Waals surface area contributed by atoms with Crippen LogP contribution in [0.1, 0.15) is 20.7 Å². The van der Waals surface area contributed by atoms with Gasteiger partial charge in [0.15, 0.2) is 6.61 Å². The van der Waals surface area contributed by atoms with Crippen molar-refractivity contribution in [2.24, 2.45) is 0 Å². The monoisotopic (exact) mass is 374 g/mol. The number of hydrogen-bond donors (Lipinski definition) is 0. The minimum atomic E-state index is -0.709.